The van der Waals surface area contributed by atoms with Crippen molar-refractivity contribution in [1.29, 1.82) is 0 Å². The van der Waals surface area contributed by atoms with E-state index in [1.54, 1.807) is 31.3 Å². The molecule has 0 radical (unpaired) electrons. The Kier molecular flexibility index (Phi) is 4.27. The maximum atomic E-state index is 13.8. The van der Waals surface area contributed by atoms with Gasteiger partial charge in [-0.05, 0) is 18.7 Å². The van der Waals surface area contributed by atoms with E-state index in [1.807, 2.05) is 0 Å². The maximum absolute atomic E-state index is 13.8. The van der Waals surface area contributed by atoms with Gasteiger partial charge in [0.05, 0.1) is 6.04 Å². The van der Waals surface area contributed by atoms with Crippen LogP contribution in [0.1, 0.15) is 17.2 Å². The van der Waals surface area contributed by atoms with Gasteiger partial charge in [0.25, 0.3) is 0 Å². The van der Waals surface area contributed by atoms with Crippen molar-refractivity contribution in [2.75, 3.05) is 7.05 Å². The lowest BCUT2D eigenvalue weighted by Gasteiger charge is -2.20. The van der Waals surface area contributed by atoms with Crippen LogP contribution in [-0.4, -0.2) is 7.05 Å². The Hall–Kier alpha value is -1.33. The van der Waals surface area contributed by atoms with Crippen LogP contribution in [0.25, 0.3) is 0 Å². The van der Waals surface area contributed by atoms with Crippen LogP contribution in [0, 0.1) is 17.5 Å². The van der Waals surface area contributed by atoms with E-state index < -0.39 is 23.5 Å². The third-order valence-electron chi connectivity index (χ3n) is 2.84. The molecule has 0 heterocycles. The van der Waals surface area contributed by atoms with Gasteiger partial charge in [0.2, 0.25) is 0 Å². The quantitative estimate of drug-likeness (QED) is 0.890. The fourth-order valence-corrected chi connectivity index (χ4v) is 2.51. The highest BCUT2D eigenvalue weighted by Crippen LogP contribution is 2.31. The number of halogens is 4. The van der Waals surface area contributed by atoms with Crippen molar-refractivity contribution in [2.24, 2.45) is 0 Å². The smallest absolute Gasteiger partial charge is 0.134 e. The van der Waals surface area contributed by atoms with Crippen molar-refractivity contribution in [3.8, 4) is 0 Å². The Bertz CT molecular complexity index is 578. The summed E-state index contributed by atoms with van der Waals surface area (Å²) in [6.07, 6.45) is 0. The average molecular weight is 330 g/mol. The lowest BCUT2D eigenvalue weighted by molar-refractivity contribution is 0.499. The molecule has 0 amide bonds. The molecule has 1 N–H and O–H groups in total. The average Bonchev–Trinajstić information content (AvgIpc) is 2.34. The standard InChI is InChI=1S/C14H11BrF3N/c1-19-14(9-4-2-3-5-10(9)15)13-11(17)6-8(16)7-12(13)18/h2-7,14,19H,1H3. The first-order valence-electron chi connectivity index (χ1n) is 5.60. The molecule has 0 bridgehead atoms. The summed E-state index contributed by atoms with van der Waals surface area (Å²) in [5.74, 6) is -2.75. The van der Waals surface area contributed by atoms with E-state index in [0.29, 0.717) is 17.7 Å². The van der Waals surface area contributed by atoms with Crippen molar-refractivity contribution < 1.29 is 13.2 Å². The molecule has 0 aliphatic carbocycles. The first-order valence-corrected chi connectivity index (χ1v) is 6.40. The van der Waals surface area contributed by atoms with Crippen LogP contribution in [0.2, 0.25) is 0 Å². The van der Waals surface area contributed by atoms with Gasteiger partial charge in [-0.3, -0.25) is 0 Å². The zero-order valence-electron chi connectivity index (χ0n) is 10.1. The predicted molar refractivity (Wildman–Crippen MR) is 71.4 cm³/mol. The summed E-state index contributed by atoms with van der Waals surface area (Å²) in [5, 5.41) is 2.84. The van der Waals surface area contributed by atoms with Gasteiger partial charge in [0, 0.05) is 22.2 Å². The van der Waals surface area contributed by atoms with Crippen LogP contribution < -0.4 is 5.32 Å². The summed E-state index contributed by atoms with van der Waals surface area (Å²) in [7, 11) is 1.59. The van der Waals surface area contributed by atoms with Gasteiger partial charge in [0.1, 0.15) is 17.5 Å². The molecular formula is C14H11BrF3N. The van der Waals surface area contributed by atoms with E-state index in [-0.39, 0.29) is 5.56 Å². The Morgan fingerprint density at radius 1 is 1.05 bits per heavy atom. The molecule has 0 aliphatic rings. The molecule has 5 heteroatoms. The molecule has 0 fully saturated rings. The van der Waals surface area contributed by atoms with E-state index in [4.69, 9.17) is 0 Å². The second kappa shape index (κ2) is 5.75. The van der Waals surface area contributed by atoms with Gasteiger partial charge < -0.3 is 5.32 Å². The molecule has 0 aliphatic heterocycles. The minimum absolute atomic E-state index is 0.198. The van der Waals surface area contributed by atoms with Gasteiger partial charge in [0.15, 0.2) is 0 Å². The third-order valence-corrected chi connectivity index (χ3v) is 3.56. The van der Waals surface area contributed by atoms with Crippen molar-refractivity contribution in [3.05, 3.63) is 69.4 Å². The number of nitrogens with one attached hydrogen (secondary N) is 1. The van der Waals surface area contributed by atoms with Crippen molar-refractivity contribution in [1.82, 2.24) is 5.32 Å². The summed E-state index contributed by atoms with van der Waals surface area (Å²) in [4.78, 5) is 0. The van der Waals surface area contributed by atoms with E-state index in [0.717, 1.165) is 4.47 Å². The van der Waals surface area contributed by atoms with Gasteiger partial charge in [-0.2, -0.15) is 0 Å². The number of benzene rings is 2. The Balaban J connectivity index is 2.58. The largest absolute Gasteiger partial charge is 0.309 e. The second-order valence-corrected chi connectivity index (χ2v) is 4.88. The normalized spacial score (nSPS) is 12.5. The zero-order valence-corrected chi connectivity index (χ0v) is 11.6. The highest BCUT2D eigenvalue weighted by atomic mass is 79.9. The zero-order chi connectivity index (χ0) is 14.0. The van der Waals surface area contributed by atoms with E-state index >= 15 is 0 Å². The van der Waals surface area contributed by atoms with E-state index in [2.05, 4.69) is 21.2 Å². The van der Waals surface area contributed by atoms with Crippen LogP contribution >= 0.6 is 15.9 Å². The van der Waals surface area contributed by atoms with Crippen LogP contribution in [-0.2, 0) is 0 Å². The van der Waals surface area contributed by atoms with E-state index in [1.165, 1.54) is 0 Å². The highest BCUT2D eigenvalue weighted by Gasteiger charge is 2.23. The summed E-state index contributed by atoms with van der Waals surface area (Å²) >= 11 is 3.34. The van der Waals surface area contributed by atoms with Crippen LogP contribution in [0.4, 0.5) is 13.2 Å². The number of rotatable bonds is 3. The van der Waals surface area contributed by atoms with Crippen molar-refractivity contribution >= 4 is 15.9 Å². The summed E-state index contributed by atoms with van der Waals surface area (Å²) in [6, 6.07) is 7.75. The summed E-state index contributed by atoms with van der Waals surface area (Å²) in [6.45, 7) is 0. The van der Waals surface area contributed by atoms with Crippen molar-refractivity contribution in [3.63, 3.8) is 0 Å². The highest BCUT2D eigenvalue weighted by molar-refractivity contribution is 9.10. The molecule has 2 aromatic rings. The molecular weight excluding hydrogens is 319 g/mol. The van der Waals surface area contributed by atoms with Crippen molar-refractivity contribution in [2.45, 2.75) is 6.04 Å². The monoisotopic (exact) mass is 329 g/mol. The van der Waals surface area contributed by atoms with Gasteiger partial charge in [-0.25, -0.2) is 13.2 Å². The Labute approximate surface area is 117 Å². The molecule has 2 aromatic carbocycles. The molecule has 1 nitrogen and oxygen atoms in total. The molecule has 0 saturated heterocycles. The Morgan fingerprint density at radius 3 is 2.16 bits per heavy atom. The summed E-state index contributed by atoms with van der Waals surface area (Å²) in [5.41, 5.74) is 0.477. The predicted octanol–water partition coefficient (Wildman–Crippen LogP) is 4.18. The van der Waals surface area contributed by atoms with Crippen LogP contribution in [0.3, 0.4) is 0 Å². The lowest BCUT2D eigenvalue weighted by atomic mass is 9.98. The van der Waals surface area contributed by atoms with Crippen LogP contribution in [0.15, 0.2) is 40.9 Å². The van der Waals surface area contributed by atoms with Crippen LogP contribution in [0.5, 0.6) is 0 Å². The molecule has 1 atom stereocenters. The number of hydrogen-bond acceptors (Lipinski definition) is 1. The molecule has 1 unspecified atom stereocenters. The SMILES string of the molecule is CNC(c1ccccc1Br)c1c(F)cc(F)cc1F. The van der Waals surface area contributed by atoms with Gasteiger partial charge in [-0.1, -0.05) is 34.1 Å². The fourth-order valence-electron chi connectivity index (χ4n) is 1.99. The Morgan fingerprint density at radius 2 is 1.63 bits per heavy atom. The van der Waals surface area contributed by atoms with E-state index in [9.17, 15) is 13.2 Å². The van der Waals surface area contributed by atoms with Gasteiger partial charge in [-0.15, -0.1) is 0 Å². The lowest BCUT2D eigenvalue weighted by Crippen LogP contribution is -2.21. The molecule has 0 saturated carbocycles. The second-order valence-electron chi connectivity index (χ2n) is 4.03. The first-order chi connectivity index (χ1) is 9.04. The number of hydrogen-bond donors (Lipinski definition) is 1. The molecule has 100 valence electrons. The van der Waals surface area contributed by atoms with Gasteiger partial charge >= 0.3 is 0 Å². The molecule has 2 rings (SSSR count). The molecule has 0 spiro atoms. The third kappa shape index (κ3) is 2.82. The minimum atomic E-state index is -0.930. The maximum Gasteiger partial charge on any atom is 0.134 e. The summed E-state index contributed by atoms with van der Waals surface area (Å²) < 4.78 is 41.3. The fraction of sp³-hybridized carbons (Fsp3) is 0.143. The molecule has 19 heavy (non-hydrogen) atoms. The molecule has 0 aromatic heterocycles. The minimum Gasteiger partial charge on any atom is -0.309 e. The topological polar surface area (TPSA) is 12.0 Å². The first kappa shape index (κ1) is 14.1.